The van der Waals surface area contributed by atoms with Gasteiger partial charge in [0.25, 0.3) is 0 Å². The van der Waals surface area contributed by atoms with Gasteiger partial charge in [0.05, 0.1) is 33.5 Å². The second-order valence-corrected chi connectivity index (χ2v) is 15.4. The van der Waals surface area contributed by atoms with Crippen molar-refractivity contribution in [2.45, 2.75) is 0 Å². The third kappa shape index (κ3) is 5.46. The van der Waals surface area contributed by atoms with Crippen molar-refractivity contribution in [2.24, 2.45) is 0 Å². The Bertz CT molecular complexity index is 3580. The number of aromatic nitrogens is 4. The van der Waals surface area contributed by atoms with Crippen LogP contribution in [0.1, 0.15) is 0 Å². The van der Waals surface area contributed by atoms with E-state index in [1.165, 1.54) is 49.2 Å². The maximum Gasteiger partial charge on any atom is 0.160 e. The van der Waals surface area contributed by atoms with Crippen LogP contribution in [0.4, 0.5) is 0 Å². The predicted molar refractivity (Wildman–Crippen MR) is 250 cm³/mol. The number of nitrogens with zero attached hydrogens (tertiary/aromatic N) is 4. The Balaban J connectivity index is 1.05. The van der Waals surface area contributed by atoms with Crippen molar-refractivity contribution in [1.29, 1.82) is 0 Å². The van der Waals surface area contributed by atoms with Gasteiger partial charge in [0, 0.05) is 49.6 Å². The lowest BCUT2D eigenvalue weighted by molar-refractivity contribution is 1.18. The summed E-state index contributed by atoms with van der Waals surface area (Å²) in [6.07, 6.45) is 0. The predicted octanol–water partition coefficient (Wildman–Crippen LogP) is 14.5. The molecule has 0 aliphatic heterocycles. The molecule has 4 nitrogen and oxygen atoms in total. The molecule has 0 fully saturated rings. The molecule has 0 bridgehead atoms. The van der Waals surface area contributed by atoms with Crippen molar-refractivity contribution in [3.63, 3.8) is 0 Å². The average molecular weight is 765 g/mol. The summed E-state index contributed by atoms with van der Waals surface area (Å²) in [6, 6.07) is 77.9. The fourth-order valence-corrected chi connectivity index (χ4v) is 9.20. The molecule has 12 aromatic rings. The fourth-order valence-electron chi connectivity index (χ4n) is 9.20. The molecule has 0 atom stereocenters. The van der Waals surface area contributed by atoms with Gasteiger partial charge in [-0.25, -0.2) is 9.97 Å². The normalized spacial score (nSPS) is 11.7. The SMILES string of the molecule is c1ccc(-c2cccc(-c3cc(-c4cccc5cc(-n6c7ccccc7c7c6ccc6c8ccccc8n(-c8ccccc8)c67)ccc45)nc(-c4ccccc4)n3)c2)cc1. The van der Waals surface area contributed by atoms with Gasteiger partial charge in [0.15, 0.2) is 5.82 Å². The number of benzene rings is 9. The van der Waals surface area contributed by atoms with Gasteiger partial charge >= 0.3 is 0 Å². The van der Waals surface area contributed by atoms with Crippen LogP contribution in [0.25, 0.3) is 111 Å². The van der Waals surface area contributed by atoms with E-state index in [9.17, 15) is 0 Å². The van der Waals surface area contributed by atoms with E-state index in [0.717, 1.165) is 55.8 Å². The smallest absolute Gasteiger partial charge is 0.160 e. The lowest BCUT2D eigenvalue weighted by Gasteiger charge is -2.14. The monoisotopic (exact) mass is 764 g/mol. The molecule has 4 heteroatoms. The van der Waals surface area contributed by atoms with Crippen molar-refractivity contribution in [1.82, 2.24) is 19.1 Å². The number of hydrogen-bond acceptors (Lipinski definition) is 2. The topological polar surface area (TPSA) is 35.6 Å². The molecule has 0 spiro atoms. The number of rotatable bonds is 6. The molecule has 0 saturated carbocycles. The highest BCUT2D eigenvalue weighted by Gasteiger charge is 2.21. The lowest BCUT2D eigenvalue weighted by Crippen LogP contribution is -1.97. The average Bonchev–Trinajstić information content (AvgIpc) is 3.85. The van der Waals surface area contributed by atoms with Gasteiger partial charge in [-0.1, -0.05) is 164 Å². The van der Waals surface area contributed by atoms with Crippen molar-refractivity contribution in [3.8, 4) is 56.4 Å². The quantitative estimate of drug-likeness (QED) is 0.169. The summed E-state index contributed by atoms with van der Waals surface area (Å²) < 4.78 is 4.87. The summed E-state index contributed by atoms with van der Waals surface area (Å²) in [5.74, 6) is 0.700. The molecular formula is C56H36N4. The first kappa shape index (κ1) is 34.0. The van der Waals surface area contributed by atoms with E-state index < -0.39 is 0 Å². The van der Waals surface area contributed by atoms with Gasteiger partial charge in [0.1, 0.15) is 0 Å². The Hall–Kier alpha value is -8.08. The van der Waals surface area contributed by atoms with Crippen molar-refractivity contribution in [3.05, 3.63) is 218 Å². The molecule has 0 unspecified atom stereocenters. The minimum Gasteiger partial charge on any atom is -0.309 e. The zero-order valence-electron chi connectivity index (χ0n) is 32.6. The maximum absolute atomic E-state index is 5.25. The molecule has 0 aliphatic rings. The molecule has 280 valence electrons. The van der Waals surface area contributed by atoms with Gasteiger partial charge in [-0.15, -0.1) is 0 Å². The minimum absolute atomic E-state index is 0.700. The van der Waals surface area contributed by atoms with E-state index in [0.29, 0.717) is 5.82 Å². The Labute approximate surface area is 346 Å². The zero-order chi connectivity index (χ0) is 39.6. The first-order valence-electron chi connectivity index (χ1n) is 20.4. The van der Waals surface area contributed by atoms with Crippen LogP contribution in [0.5, 0.6) is 0 Å². The molecule has 0 amide bonds. The summed E-state index contributed by atoms with van der Waals surface area (Å²) in [5, 5.41) is 7.25. The molecule has 9 aromatic carbocycles. The molecular weight excluding hydrogens is 729 g/mol. The highest BCUT2D eigenvalue weighted by atomic mass is 15.0. The van der Waals surface area contributed by atoms with E-state index in [4.69, 9.17) is 9.97 Å². The summed E-state index contributed by atoms with van der Waals surface area (Å²) >= 11 is 0. The summed E-state index contributed by atoms with van der Waals surface area (Å²) in [7, 11) is 0. The van der Waals surface area contributed by atoms with Crippen LogP contribution in [0.3, 0.4) is 0 Å². The summed E-state index contributed by atoms with van der Waals surface area (Å²) in [6.45, 7) is 0. The third-order valence-corrected chi connectivity index (χ3v) is 11.9. The molecule has 60 heavy (non-hydrogen) atoms. The summed E-state index contributed by atoms with van der Waals surface area (Å²) in [5.41, 5.74) is 14.2. The fraction of sp³-hybridized carbons (Fsp3) is 0. The van der Waals surface area contributed by atoms with Gasteiger partial charge in [-0.2, -0.15) is 0 Å². The second-order valence-electron chi connectivity index (χ2n) is 15.4. The van der Waals surface area contributed by atoms with Crippen LogP contribution in [0.15, 0.2) is 218 Å². The highest BCUT2D eigenvalue weighted by molar-refractivity contribution is 6.26. The Morgan fingerprint density at radius 1 is 0.317 bits per heavy atom. The van der Waals surface area contributed by atoms with Gasteiger partial charge in [0.2, 0.25) is 0 Å². The van der Waals surface area contributed by atoms with Crippen LogP contribution in [0, 0.1) is 0 Å². The third-order valence-electron chi connectivity index (χ3n) is 11.9. The molecule has 3 aromatic heterocycles. The molecule has 0 saturated heterocycles. The zero-order valence-corrected chi connectivity index (χ0v) is 32.6. The number of fused-ring (bicyclic) bond motifs is 8. The van der Waals surface area contributed by atoms with Crippen LogP contribution >= 0.6 is 0 Å². The maximum atomic E-state index is 5.25. The molecule has 0 N–H and O–H groups in total. The van der Waals surface area contributed by atoms with Crippen LogP contribution in [0.2, 0.25) is 0 Å². The van der Waals surface area contributed by atoms with Crippen LogP contribution in [-0.2, 0) is 0 Å². The van der Waals surface area contributed by atoms with Crippen molar-refractivity contribution >= 4 is 54.4 Å². The van der Waals surface area contributed by atoms with Gasteiger partial charge in [-0.3, -0.25) is 0 Å². The largest absolute Gasteiger partial charge is 0.309 e. The molecule has 12 rings (SSSR count). The molecule has 0 radical (unpaired) electrons. The minimum atomic E-state index is 0.700. The molecule has 0 aliphatic carbocycles. The van der Waals surface area contributed by atoms with E-state index in [2.05, 4.69) is 209 Å². The second kappa shape index (κ2) is 13.8. The van der Waals surface area contributed by atoms with E-state index in [-0.39, 0.29) is 0 Å². The molecule has 3 heterocycles. The van der Waals surface area contributed by atoms with Crippen LogP contribution in [-0.4, -0.2) is 19.1 Å². The standard InChI is InChI=1S/C56H36N4/c1-4-16-37(17-5-1)39-20-14-22-41(34-39)49-36-50(58-56(57-49)38-18-6-2-7-19-38)45-27-15-21-40-35-43(30-31-44(40)45)59-52-29-13-11-26-48(52)54-53(59)33-32-47-46-25-10-12-28-51(46)60(55(47)54)42-23-8-3-9-24-42/h1-36H. The highest BCUT2D eigenvalue weighted by Crippen LogP contribution is 2.43. The van der Waals surface area contributed by atoms with Crippen LogP contribution < -0.4 is 0 Å². The van der Waals surface area contributed by atoms with E-state index in [1.54, 1.807) is 0 Å². The number of hydrogen-bond donors (Lipinski definition) is 0. The van der Waals surface area contributed by atoms with E-state index in [1.807, 2.05) is 18.2 Å². The van der Waals surface area contributed by atoms with Crippen molar-refractivity contribution in [2.75, 3.05) is 0 Å². The van der Waals surface area contributed by atoms with Crippen molar-refractivity contribution < 1.29 is 0 Å². The Kier molecular flexibility index (Phi) is 7.82. The first-order valence-corrected chi connectivity index (χ1v) is 20.4. The first-order chi connectivity index (χ1) is 29.8. The number of para-hydroxylation sites is 3. The lowest BCUT2D eigenvalue weighted by atomic mass is 9.98. The Morgan fingerprint density at radius 2 is 0.933 bits per heavy atom. The van der Waals surface area contributed by atoms with Gasteiger partial charge in [-0.05, 0) is 76.5 Å². The summed E-state index contributed by atoms with van der Waals surface area (Å²) in [4.78, 5) is 10.4. The Morgan fingerprint density at radius 3 is 1.73 bits per heavy atom. The van der Waals surface area contributed by atoms with E-state index >= 15 is 0 Å². The van der Waals surface area contributed by atoms with Gasteiger partial charge < -0.3 is 9.13 Å².